The molecular weight excluding hydrogens is 172 g/mol. The summed E-state index contributed by atoms with van der Waals surface area (Å²) in [4.78, 5) is 0. The van der Waals surface area contributed by atoms with E-state index in [0.29, 0.717) is 0 Å². The molecule has 14 heavy (non-hydrogen) atoms. The number of aryl methyl sites for hydroxylation is 1. The Hall–Kier alpha value is -1.02. The highest BCUT2D eigenvalue weighted by molar-refractivity contribution is 5.48. The number of hydrogen-bond donors (Lipinski definition) is 2. The molecule has 2 rings (SSSR count). The molecule has 1 aromatic rings. The zero-order valence-corrected chi connectivity index (χ0v) is 8.72. The molecule has 1 aliphatic carbocycles. The van der Waals surface area contributed by atoms with Crippen molar-refractivity contribution in [2.45, 2.75) is 38.8 Å². The van der Waals surface area contributed by atoms with Crippen LogP contribution in [0.3, 0.4) is 0 Å². The fourth-order valence-corrected chi connectivity index (χ4v) is 1.75. The van der Waals surface area contributed by atoms with E-state index in [1.165, 1.54) is 30.4 Å². The minimum Gasteiger partial charge on any atom is -0.398 e. The molecule has 2 nitrogen and oxygen atoms in total. The lowest BCUT2D eigenvalue weighted by Gasteiger charge is -2.26. The Morgan fingerprint density at radius 3 is 2.86 bits per heavy atom. The summed E-state index contributed by atoms with van der Waals surface area (Å²) in [6.07, 6.45) is 4.03. The molecule has 1 aliphatic rings. The fraction of sp³-hybridized carbons (Fsp3) is 0.500. The molecule has 0 aromatic heterocycles. The summed E-state index contributed by atoms with van der Waals surface area (Å²) in [7, 11) is 0. The molecule has 0 radical (unpaired) electrons. The number of benzene rings is 1. The van der Waals surface area contributed by atoms with Crippen LogP contribution < -0.4 is 11.1 Å². The van der Waals surface area contributed by atoms with Gasteiger partial charge in [-0.2, -0.15) is 0 Å². The van der Waals surface area contributed by atoms with Gasteiger partial charge >= 0.3 is 0 Å². The first-order valence-electron chi connectivity index (χ1n) is 5.34. The highest BCUT2D eigenvalue weighted by Crippen LogP contribution is 2.20. The molecule has 1 aromatic carbocycles. The van der Waals surface area contributed by atoms with Crippen molar-refractivity contribution >= 4 is 5.69 Å². The van der Waals surface area contributed by atoms with Crippen LogP contribution in [0.2, 0.25) is 0 Å². The van der Waals surface area contributed by atoms with Gasteiger partial charge in [-0.3, -0.25) is 0 Å². The molecule has 0 aliphatic heterocycles. The van der Waals surface area contributed by atoms with Crippen molar-refractivity contribution in [2.24, 2.45) is 0 Å². The zero-order chi connectivity index (χ0) is 9.97. The van der Waals surface area contributed by atoms with E-state index in [-0.39, 0.29) is 0 Å². The Kier molecular flexibility index (Phi) is 2.73. The number of nitrogens with one attached hydrogen (secondary N) is 1. The van der Waals surface area contributed by atoms with Crippen molar-refractivity contribution in [2.75, 3.05) is 5.73 Å². The Morgan fingerprint density at radius 2 is 2.21 bits per heavy atom. The van der Waals surface area contributed by atoms with E-state index in [1.807, 2.05) is 6.07 Å². The van der Waals surface area contributed by atoms with Crippen LogP contribution >= 0.6 is 0 Å². The SMILES string of the molecule is Cc1ccc(N)c(CNC2CCC2)c1. The van der Waals surface area contributed by atoms with Crippen LogP contribution in [0.1, 0.15) is 30.4 Å². The summed E-state index contributed by atoms with van der Waals surface area (Å²) < 4.78 is 0. The summed E-state index contributed by atoms with van der Waals surface area (Å²) in [5, 5.41) is 3.52. The van der Waals surface area contributed by atoms with Gasteiger partial charge in [-0.1, -0.05) is 24.1 Å². The molecule has 0 saturated heterocycles. The van der Waals surface area contributed by atoms with Crippen molar-refractivity contribution in [3.63, 3.8) is 0 Å². The van der Waals surface area contributed by atoms with Crippen molar-refractivity contribution in [1.29, 1.82) is 0 Å². The van der Waals surface area contributed by atoms with Gasteiger partial charge in [0, 0.05) is 18.3 Å². The molecule has 2 heteroatoms. The number of anilines is 1. The van der Waals surface area contributed by atoms with Gasteiger partial charge in [0.05, 0.1) is 0 Å². The van der Waals surface area contributed by atoms with Crippen molar-refractivity contribution in [3.05, 3.63) is 29.3 Å². The van der Waals surface area contributed by atoms with E-state index in [9.17, 15) is 0 Å². The van der Waals surface area contributed by atoms with Gasteiger partial charge in [0.1, 0.15) is 0 Å². The van der Waals surface area contributed by atoms with E-state index >= 15 is 0 Å². The van der Waals surface area contributed by atoms with Gasteiger partial charge in [-0.15, -0.1) is 0 Å². The summed E-state index contributed by atoms with van der Waals surface area (Å²) in [6, 6.07) is 6.95. The van der Waals surface area contributed by atoms with Crippen molar-refractivity contribution < 1.29 is 0 Å². The van der Waals surface area contributed by atoms with Crippen LogP contribution in [0.4, 0.5) is 5.69 Å². The van der Waals surface area contributed by atoms with Crippen molar-refractivity contribution in [3.8, 4) is 0 Å². The largest absolute Gasteiger partial charge is 0.398 e. The Labute approximate surface area is 85.5 Å². The molecule has 0 heterocycles. The second-order valence-corrected chi connectivity index (χ2v) is 4.21. The standard InChI is InChI=1S/C12H18N2/c1-9-5-6-12(13)10(7-9)8-14-11-3-2-4-11/h5-7,11,14H,2-4,8,13H2,1H3. The highest BCUT2D eigenvalue weighted by atomic mass is 14.9. The molecular formula is C12H18N2. The molecule has 0 atom stereocenters. The average Bonchev–Trinajstić information content (AvgIpc) is 2.08. The predicted octanol–water partition coefficient (Wildman–Crippen LogP) is 2.22. The molecule has 0 spiro atoms. The fourth-order valence-electron chi connectivity index (χ4n) is 1.75. The van der Waals surface area contributed by atoms with Gasteiger partial charge in [-0.25, -0.2) is 0 Å². The third kappa shape index (κ3) is 2.07. The quantitative estimate of drug-likeness (QED) is 0.717. The van der Waals surface area contributed by atoms with Gasteiger partial charge in [0.25, 0.3) is 0 Å². The first kappa shape index (κ1) is 9.53. The summed E-state index contributed by atoms with van der Waals surface area (Å²) in [5.74, 6) is 0. The monoisotopic (exact) mass is 190 g/mol. The van der Waals surface area contributed by atoms with Crippen LogP contribution in [-0.4, -0.2) is 6.04 Å². The topological polar surface area (TPSA) is 38.0 Å². The smallest absolute Gasteiger partial charge is 0.0359 e. The molecule has 0 amide bonds. The van der Waals surface area contributed by atoms with E-state index < -0.39 is 0 Å². The second-order valence-electron chi connectivity index (χ2n) is 4.21. The van der Waals surface area contributed by atoms with Crippen LogP contribution in [0.5, 0.6) is 0 Å². The lowest BCUT2D eigenvalue weighted by Crippen LogP contribution is -2.34. The molecule has 1 saturated carbocycles. The van der Waals surface area contributed by atoms with E-state index in [2.05, 4.69) is 24.4 Å². The van der Waals surface area contributed by atoms with E-state index in [1.54, 1.807) is 0 Å². The molecule has 1 fully saturated rings. The molecule has 3 N–H and O–H groups in total. The molecule has 0 unspecified atom stereocenters. The third-order valence-electron chi connectivity index (χ3n) is 2.98. The molecule has 0 bridgehead atoms. The molecule has 76 valence electrons. The summed E-state index contributed by atoms with van der Waals surface area (Å²) >= 11 is 0. The normalized spacial score (nSPS) is 16.6. The average molecular weight is 190 g/mol. The maximum absolute atomic E-state index is 5.90. The lowest BCUT2D eigenvalue weighted by atomic mass is 9.93. The van der Waals surface area contributed by atoms with Crippen LogP contribution in [0.25, 0.3) is 0 Å². The first-order chi connectivity index (χ1) is 6.75. The minimum absolute atomic E-state index is 0.731. The third-order valence-corrected chi connectivity index (χ3v) is 2.98. The van der Waals surface area contributed by atoms with Crippen molar-refractivity contribution in [1.82, 2.24) is 5.32 Å². The predicted molar refractivity (Wildman–Crippen MR) is 60.1 cm³/mol. The number of rotatable bonds is 3. The minimum atomic E-state index is 0.731. The van der Waals surface area contributed by atoms with E-state index in [0.717, 1.165) is 18.3 Å². The summed E-state index contributed by atoms with van der Waals surface area (Å²) in [5.41, 5.74) is 9.32. The Morgan fingerprint density at radius 1 is 1.43 bits per heavy atom. The van der Waals surface area contributed by atoms with Crippen LogP contribution in [-0.2, 0) is 6.54 Å². The van der Waals surface area contributed by atoms with E-state index in [4.69, 9.17) is 5.73 Å². The first-order valence-corrected chi connectivity index (χ1v) is 5.34. The Balaban J connectivity index is 1.96. The van der Waals surface area contributed by atoms with Gasteiger partial charge < -0.3 is 11.1 Å². The lowest BCUT2D eigenvalue weighted by molar-refractivity contribution is 0.338. The maximum atomic E-state index is 5.90. The van der Waals surface area contributed by atoms with Gasteiger partial charge in [-0.05, 0) is 31.4 Å². The zero-order valence-electron chi connectivity index (χ0n) is 8.72. The van der Waals surface area contributed by atoms with Gasteiger partial charge in [0.15, 0.2) is 0 Å². The maximum Gasteiger partial charge on any atom is 0.0359 e. The highest BCUT2D eigenvalue weighted by Gasteiger charge is 2.16. The number of nitrogens with two attached hydrogens (primary N) is 1. The van der Waals surface area contributed by atoms with Crippen LogP contribution in [0, 0.1) is 6.92 Å². The second kappa shape index (κ2) is 4.01. The van der Waals surface area contributed by atoms with Crippen LogP contribution in [0.15, 0.2) is 18.2 Å². The van der Waals surface area contributed by atoms with Gasteiger partial charge in [0.2, 0.25) is 0 Å². The number of nitrogen functional groups attached to an aromatic ring is 1. The Bertz CT molecular complexity index is 316. The summed E-state index contributed by atoms with van der Waals surface area (Å²) in [6.45, 7) is 3.02. The number of hydrogen-bond acceptors (Lipinski definition) is 2.